The topological polar surface area (TPSA) is 77.8 Å². The summed E-state index contributed by atoms with van der Waals surface area (Å²) in [6.07, 6.45) is 1.50. The number of hydrogen-bond donors (Lipinski definition) is 2. The second kappa shape index (κ2) is 5.63. The van der Waals surface area contributed by atoms with E-state index in [-0.39, 0.29) is 17.9 Å². The van der Waals surface area contributed by atoms with Crippen LogP contribution < -0.4 is 0 Å². The molecule has 1 atom stereocenters. The third-order valence-electron chi connectivity index (χ3n) is 3.62. The summed E-state index contributed by atoms with van der Waals surface area (Å²) in [5.74, 6) is -1.17. The molecule has 5 nitrogen and oxygen atoms in total. The summed E-state index contributed by atoms with van der Waals surface area (Å²) in [5.41, 5.74) is -0.180. The zero-order chi connectivity index (χ0) is 14.8. The van der Waals surface area contributed by atoms with Crippen LogP contribution in [0.3, 0.4) is 0 Å². The third-order valence-corrected chi connectivity index (χ3v) is 3.62. The molecule has 0 spiro atoms. The number of hydrogen-bond acceptors (Lipinski definition) is 3. The number of likely N-dealkylation sites (tertiary alicyclic amines) is 1. The molecule has 2 rings (SSSR count). The Morgan fingerprint density at radius 3 is 2.70 bits per heavy atom. The van der Waals surface area contributed by atoms with Crippen LogP contribution in [0.5, 0.6) is 0 Å². The van der Waals surface area contributed by atoms with E-state index in [0.717, 1.165) is 6.42 Å². The van der Waals surface area contributed by atoms with Gasteiger partial charge in [0.1, 0.15) is 0 Å². The Kier molecular flexibility index (Phi) is 4.09. The van der Waals surface area contributed by atoms with E-state index in [2.05, 4.69) is 0 Å². The van der Waals surface area contributed by atoms with Gasteiger partial charge in [0, 0.05) is 13.1 Å². The Bertz CT molecular complexity index is 524. The first-order valence-corrected chi connectivity index (χ1v) is 6.70. The Morgan fingerprint density at radius 1 is 1.35 bits per heavy atom. The molecule has 1 unspecified atom stereocenters. The minimum Gasteiger partial charge on any atom is -0.478 e. The number of aliphatic hydroxyl groups is 1. The van der Waals surface area contributed by atoms with Gasteiger partial charge in [-0.15, -0.1) is 0 Å². The number of carbonyl (C=O) groups excluding carboxylic acids is 1. The summed E-state index contributed by atoms with van der Waals surface area (Å²) in [6.45, 7) is 2.64. The number of benzene rings is 1. The SMILES string of the molecule is CC1(O)CCCN(C(=O)Cc2ccccc2C(=O)O)C1. The normalized spacial score (nSPS) is 22.6. The smallest absolute Gasteiger partial charge is 0.335 e. The number of piperidine rings is 1. The third kappa shape index (κ3) is 3.36. The van der Waals surface area contributed by atoms with Gasteiger partial charge in [-0.25, -0.2) is 4.79 Å². The maximum absolute atomic E-state index is 12.3. The largest absolute Gasteiger partial charge is 0.478 e. The molecule has 1 fully saturated rings. The Balaban J connectivity index is 2.10. The van der Waals surface area contributed by atoms with Crippen LogP contribution in [0.15, 0.2) is 24.3 Å². The quantitative estimate of drug-likeness (QED) is 0.873. The van der Waals surface area contributed by atoms with Crippen molar-refractivity contribution in [1.82, 2.24) is 4.90 Å². The molecule has 0 aromatic heterocycles. The highest BCUT2D eigenvalue weighted by Crippen LogP contribution is 2.21. The number of carboxylic acid groups (broad SMARTS) is 1. The van der Waals surface area contributed by atoms with E-state index in [0.29, 0.717) is 25.1 Å². The summed E-state index contributed by atoms with van der Waals surface area (Å²) in [7, 11) is 0. The van der Waals surface area contributed by atoms with Crippen LogP contribution in [0.25, 0.3) is 0 Å². The molecule has 0 saturated carbocycles. The van der Waals surface area contributed by atoms with Crippen LogP contribution in [0.4, 0.5) is 0 Å². The summed E-state index contributed by atoms with van der Waals surface area (Å²) >= 11 is 0. The predicted octanol–water partition coefficient (Wildman–Crippen LogP) is 1.30. The minimum absolute atomic E-state index is 0.0541. The standard InChI is InChI=1S/C15H19NO4/c1-15(20)7-4-8-16(10-15)13(17)9-11-5-2-3-6-12(11)14(18)19/h2-3,5-6,20H,4,7-10H2,1H3,(H,18,19). The van der Waals surface area contributed by atoms with Crippen LogP contribution >= 0.6 is 0 Å². The summed E-state index contributed by atoms with van der Waals surface area (Å²) in [6, 6.07) is 6.52. The van der Waals surface area contributed by atoms with Crippen LogP contribution in [-0.2, 0) is 11.2 Å². The number of β-amino-alcohol motifs (C(OH)–C–C–N with tert-alkyl or cyclic N) is 1. The summed E-state index contributed by atoms with van der Waals surface area (Å²) < 4.78 is 0. The molecule has 108 valence electrons. The van der Waals surface area contributed by atoms with Crippen molar-refractivity contribution in [1.29, 1.82) is 0 Å². The van der Waals surface area contributed by atoms with Gasteiger partial charge in [-0.1, -0.05) is 18.2 Å². The maximum atomic E-state index is 12.3. The molecule has 1 aromatic carbocycles. The van der Waals surface area contributed by atoms with Gasteiger partial charge in [0.25, 0.3) is 0 Å². The molecule has 0 aliphatic carbocycles. The van der Waals surface area contributed by atoms with E-state index in [9.17, 15) is 14.7 Å². The number of carboxylic acids is 1. The molecule has 1 amide bonds. The summed E-state index contributed by atoms with van der Waals surface area (Å²) in [5, 5.41) is 19.1. The highest BCUT2D eigenvalue weighted by molar-refractivity contribution is 5.91. The van der Waals surface area contributed by atoms with E-state index < -0.39 is 11.6 Å². The number of carbonyl (C=O) groups is 2. The number of aromatic carboxylic acids is 1. The van der Waals surface area contributed by atoms with Gasteiger partial charge < -0.3 is 15.1 Å². The highest BCUT2D eigenvalue weighted by atomic mass is 16.4. The lowest BCUT2D eigenvalue weighted by Gasteiger charge is -2.37. The van der Waals surface area contributed by atoms with Gasteiger partial charge >= 0.3 is 5.97 Å². The zero-order valence-electron chi connectivity index (χ0n) is 11.5. The molecule has 2 N–H and O–H groups in total. The molecule has 1 aromatic rings. The molecular weight excluding hydrogens is 258 g/mol. The van der Waals surface area contributed by atoms with Crippen molar-refractivity contribution in [3.8, 4) is 0 Å². The molecule has 5 heteroatoms. The lowest BCUT2D eigenvalue weighted by Crippen LogP contribution is -2.49. The van der Waals surface area contributed by atoms with Crippen molar-refractivity contribution in [2.45, 2.75) is 31.8 Å². The second-order valence-corrected chi connectivity index (χ2v) is 5.55. The van der Waals surface area contributed by atoms with E-state index in [1.54, 1.807) is 30.0 Å². The van der Waals surface area contributed by atoms with Crippen LogP contribution in [0, 0.1) is 0 Å². The van der Waals surface area contributed by atoms with E-state index in [1.807, 2.05) is 0 Å². The molecule has 1 heterocycles. The fourth-order valence-electron chi connectivity index (χ4n) is 2.59. The Morgan fingerprint density at radius 2 is 2.05 bits per heavy atom. The van der Waals surface area contributed by atoms with Crippen LogP contribution in [0.2, 0.25) is 0 Å². The van der Waals surface area contributed by atoms with Crippen molar-refractivity contribution in [3.05, 3.63) is 35.4 Å². The minimum atomic E-state index is -1.03. The van der Waals surface area contributed by atoms with Gasteiger partial charge in [0.2, 0.25) is 5.91 Å². The molecule has 20 heavy (non-hydrogen) atoms. The van der Waals surface area contributed by atoms with Gasteiger partial charge in [-0.2, -0.15) is 0 Å². The van der Waals surface area contributed by atoms with E-state index in [4.69, 9.17) is 5.11 Å². The highest BCUT2D eigenvalue weighted by Gasteiger charge is 2.31. The van der Waals surface area contributed by atoms with Crippen molar-refractivity contribution in [3.63, 3.8) is 0 Å². The molecule has 1 saturated heterocycles. The lowest BCUT2D eigenvalue weighted by molar-refractivity contribution is -0.136. The van der Waals surface area contributed by atoms with Crippen molar-refractivity contribution in [2.75, 3.05) is 13.1 Å². The molecular formula is C15H19NO4. The average molecular weight is 277 g/mol. The van der Waals surface area contributed by atoms with Gasteiger partial charge in [0.15, 0.2) is 0 Å². The Labute approximate surface area is 117 Å². The Hall–Kier alpha value is -1.88. The van der Waals surface area contributed by atoms with E-state index in [1.165, 1.54) is 6.07 Å². The first-order valence-electron chi connectivity index (χ1n) is 6.70. The fourth-order valence-corrected chi connectivity index (χ4v) is 2.59. The second-order valence-electron chi connectivity index (χ2n) is 5.55. The molecule has 1 aliphatic heterocycles. The van der Waals surface area contributed by atoms with Crippen molar-refractivity contribution >= 4 is 11.9 Å². The fraction of sp³-hybridized carbons (Fsp3) is 0.467. The molecule has 0 bridgehead atoms. The summed E-state index contributed by atoms with van der Waals surface area (Å²) in [4.78, 5) is 25.0. The lowest BCUT2D eigenvalue weighted by atomic mass is 9.94. The number of amides is 1. The molecule has 1 aliphatic rings. The van der Waals surface area contributed by atoms with Gasteiger partial charge in [-0.3, -0.25) is 4.79 Å². The average Bonchev–Trinajstić information content (AvgIpc) is 2.38. The molecule has 0 radical (unpaired) electrons. The zero-order valence-corrected chi connectivity index (χ0v) is 11.5. The maximum Gasteiger partial charge on any atom is 0.335 e. The van der Waals surface area contributed by atoms with Gasteiger partial charge in [0.05, 0.1) is 17.6 Å². The van der Waals surface area contributed by atoms with E-state index >= 15 is 0 Å². The van der Waals surface area contributed by atoms with Crippen LogP contribution in [0.1, 0.15) is 35.7 Å². The van der Waals surface area contributed by atoms with Crippen molar-refractivity contribution < 1.29 is 19.8 Å². The van der Waals surface area contributed by atoms with Gasteiger partial charge in [-0.05, 0) is 31.4 Å². The number of nitrogens with zero attached hydrogens (tertiary/aromatic N) is 1. The number of rotatable bonds is 3. The monoisotopic (exact) mass is 277 g/mol. The first-order chi connectivity index (χ1) is 9.39. The van der Waals surface area contributed by atoms with Crippen molar-refractivity contribution in [2.24, 2.45) is 0 Å². The van der Waals surface area contributed by atoms with Crippen LogP contribution in [-0.4, -0.2) is 45.7 Å². The first kappa shape index (κ1) is 14.5. The predicted molar refractivity (Wildman–Crippen MR) is 73.5 cm³/mol.